The number of carbonyl (C=O) groups is 1. The number of halogens is 4. The van der Waals surface area contributed by atoms with Crippen LogP contribution < -0.4 is 5.32 Å². The van der Waals surface area contributed by atoms with Crippen LogP contribution in [-0.4, -0.2) is 12.5 Å². The molecule has 0 spiro atoms. The number of nitriles is 1. The van der Waals surface area contributed by atoms with E-state index in [1.54, 1.807) is 0 Å². The number of alkyl halides is 3. The molecule has 0 saturated heterocycles. The monoisotopic (exact) mass is 288 g/mol. The minimum Gasteiger partial charge on any atom is -0.352 e. The fourth-order valence-corrected chi connectivity index (χ4v) is 1.52. The van der Waals surface area contributed by atoms with E-state index < -0.39 is 23.5 Å². The van der Waals surface area contributed by atoms with Crippen molar-refractivity contribution in [1.29, 1.82) is 5.26 Å². The lowest BCUT2D eigenvalue weighted by molar-refractivity contribution is -0.140. The Labute approximate surface area is 113 Å². The largest absolute Gasteiger partial charge is 0.419 e. The molecule has 1 aromatic rings. The number of hydrogen-bond acceptors (Lipinski definition) is 2. The number of benzene rings is 1. The standard InChI is InChI=1S/C13H12F4N2O/c14-11-5-4-9(8-10(11)13(15,16)17)12(20)19-7-3-1-2-6-18/h4-5,8H,1-3,7H2,(H,19,20). The average Bonchev–Trinajstić information content (AvgIpc) is 2.37. The maximum atomic E-state index is 13.0. The lowest BCUT2D eigenvalue weighted by atomic mass is 10.1. The summed E-state index contributed by atoms with van der Waals surface area (Å²) >= 11 is 0. The first-order valence-corrected chi connectivity index (χ1v) is 5.88. The van der Waals surface area contributed by atoms with Gasteiger partial charge in [-0.05, 0) is 31.0 Å². The molecule has 0 aliphatic carbocycles. The second-order valence-corrected chi connectivity index (χ2v) is 4.06. The SMILES string of the molecule is N#CCCCCNC(=O)c1ccc(F)c(C(F)(F)F)c1. The first kappa shape index (κ1) is 16.0. The van der Waals surface area contributed by atoms with Gasteiger partial charge in [-0.15, -0.1) is 0 Å². The molecule has 0 saturated carbocycles. The Morgan fingerprint density at radius 1 is 1.30 bits per heavy atom. The van der Waals surface area contributed by atoms with Crippen LogP contribution in [0.3, 0.4) is 0 Å². The number of nitrogens with one attached hydrogen (secondary N) is 1. The maximum Gasteiger partial charge on any atom is 0.419 e. The van der Waals surface area contributed by atoms with E-state index in [1.807, 2.05) is 6.07 Å². The van der Waals surface area contributed by atoms with Crippen molar-refractivity contribution in [3.63, 3.8) is 0 Å². The van der Waals surface area contributed by atoms with Gasteiger partial charge in [0.05, 0.1) is 11.6 Å². The summed E-state index contributed by atoms with van der Waals surface area (Å²) in [5.74, 6) is -2.12. The molecule has 0 fully saturated rings. The molecule has 0 radical (unpaired) electrons. The Morgan fingerprint density at radius 2 is 2.00 bits per heavy atom. The third-order valence-electron chi connectivity index (χ3n) is 2.53. The zero-order chi connectivity index (χ0) is 15.2. The van der Waals surface area contributed by atoms with Crippen LogP contribution in [0.25, 0.3) is 0 Å². The van der Waals surface area contributed by atoms with Gasteiger partial charge in [-0.1, -0.05) is 0 Å². The minimum atomic E-state index is -4.84. The summed E-state index contributed by atoms with van der Waals surface area (Å²) in [6, 6.07) is 4.04. The van der Waals surface area contributed by atoms with Gasteiger partial charge < -0.3 is 5.32 Å². The Balaban J connectivity index is 2.68. The minimum absolute atomic E-state index is 0.249. The van der Waals surface area contributed by atoms with Crippen molar-refractivity contribution >= 4 is 5.91 Å². The van der Waals surface area contributed by atoms with Crippen LogP contribution in [0, 0.1) is 17.1 Å². The summed E-state index contributed by atoms with van der Waals surface area (Å²) in [5, 5.41) is 10.7. The lowest BCUT2D eigenvalue weighted by Crippen LogP contribution is -2.25. The van der Waals surface area contributed by atoms with Crippen molar-refractivity contribution in [3.05, 3.63) is 35.1 Å². The molecule has 0 heterocycles. The van der Waals surface area contributed by atoms with Gasteiger partial charge in [-0.2, -0.15) is 18.4 Å². The molecule has 1 rings (SSSR count). The van der Waals surface area contributed by atoms with E-state index in [0.717, 1.165) is 6.07 Å². The molecule has 0 bridgehead atoms. The summed E-state index contributed by atoms with van der Waals surface area (Å²) in [6.07, 6.45) is -3.35. The number of rotatable bonds is 5. The third kappa shape index (κ3) is 4.53. The molecule has 0 unspecified atom stereocenters. The molecule has 0 atom stereocenters. The number of nitrogens with zero attached hydrogens (tertiary/aromatic N) is 1. The Bertz CT molecular complexity index is 520. The Kier molecular flexibility index (Phi) is 5.50. The van der Waals surface area contributed by atoms with E-state index in [-0.39, 0.29) is 12.1 Å². The molecule has 108 valence electrons. The van der Waals surface area contributed by atoms with Crippen LogP contribution in [0.2, 0.25) is 0 Å². The fourth-order valence-electron chi connectivity index (χ4n) is 1.52. The second-order valence-electron chi connectivity index (χ2n) is 4.06. The van der Waals surface area contributed by atoms with Crippen molar-refractivity contribution in [1.82, 2.24) is 5.32 Å². The van der Waals surface area contributed by atoms with Crippen molar-refractivity contribution < 1.29 is 22.4 Å². The van der Waals surface area contributed by atoms with E-state index >= 15 is 0 Å². The quantitative estimate of drug-likeness (QED) is 0.668. The van der Waals surface area contributed by atoms with E-state index in [0.29, 0.717) is 31.4 Å². The van der Waals surface area contributed by atoms with Gasteiger partial charge in [0.1, 0.15) is 5.82 Å². The van der Waals surface area contributed by atoms with E-state index in [2.05, 4.69) is 5.32 Å². The predicted molar refractivity (Wildman–Crippen MR) is 63.2 cm³/mol. The highest BCUT2D eigenvalue weighted by Gasteiger charge is 2.34. The average molecular weight is 288 g/mol. The van der Waals surface area contributed by atoms with Crippen molar-refractivity contribution in [2.24, 2.45) is 0 Å². The molecular weight excluding hydrogens is 276 g/mol. The van der Waals surface area contributed by atoms with Gasteiger partial charge in [-0.25, -0.2) is 4.39 Å². The third-order valence-corrected chi connectivity index (χ3v) is 2.53. The molecule has 0 aliphatic heterocycles. The molecule has 1 N–H and O–H groups in total. The first-order chi connectivity index (χ1) is 9.36. The van der Waals surface area contributed by atoms with Crippen molar-refractivity contribution in [2.45, 2.75) is 25.4 Å². The second kappa shape index (κ2) is 6.89. The number of unbranched alkanes of at least 4 members (excludes halogenated alkanes) is 2. The molecule has 7 heteroatoms. The van der Waals surface area contributed by atoms with Crippen LogP contribution in [0.4, 0.5) is 17.6 Å². The molecule has 3 nitrogen and oxygen atoms in total. The van der Waals surface area contributed by atoms with Crippen LogP contribution in [-0.2, 0) is 6.18 Å². The molecule has 0 aliphatic rings. The highest BCUT2D eigenvalue weighted by molar-refractivity contribution is 5.94. The topological polar surface area (TPSA) is 52.9 Å². The van der Waals surface area contributed by atoms with Gasteiger partial charge >= 0.3 is 6.18 Å². The smallest absolute Gasteiger partial charge is 0.352 e. The molecule has 20 heavy (non-hydrogen) atoms. The molecular formula is C13H12F4N2O. The summed E-state index contributed by atoms with van der Waals surface area (Å²) in [4.78, 5) is 11.6. The van der Waals surface area contributed by atoms with Crippen molar-refractivity contribution in [3.8, 4) is 6.07 Å². The van der Waals surface area contributed by atoms with Crippen LogP contribution in [0.1, 0.15) is 35.2 Å². The summed E-state index contributed by atoms with van der Waals surface area (Å²) in [6.45, 7) is 0.249. The summed E-state index contributed by atoms with van der Waals surface area (Å²) in [5.41, 5.74) is -1.71. The van der Waals surface area contributed by atoms with Crippen LogP contribution >= 0.6 is 0 Å². The number of carbonyl (C=O) groups excluding carboxylic acids is 1. The normalized spacial score (nSPS) is 10.9. The van der Waals surface area contributed by atoms with Crippen LogP contribution in [0.15, 0.2) is 18.2 Å². The van der Waals surface area contributed by atoms with E-state index in [9.17, 15) is 22.4 Å². The van der Waals surface area contributed by atoms with Gasteiger partial charge in [0, 0.05) is 18.5 Å². The Hall–Kier alpha value is -2.10. The fraction of sp³-hybridized carbons (Fsp3) is 0.385. The highest BCUT2D eigenvalue weighted by Crippen LogP contribution is 2.31. The summed E-state index contributed by atoms with van der Waals surface area (Å²) < 4.78 is 50.5. The maximum absolute atomic E-state index is 13.0. The molecule has 0 aromatic heterocycles. The zero-order valence-corrected chi connectivity index (χ0v) is 10.4. The first-order valence-electron chi connectivity index (χ1n) is 5.88. The van der Waals surface area contributed by atoms with Gasteiger partial charge in [-0.3, -0.25) is 4.79 Å². The van der Waals surface area contributed by atoms with Crippen LogP contribution in [0.5, 0.6) is 0 Å². The van der Waals surface area contributed by atoms with Gasteiger partial charge in [0.15, 0.2) is 0 Å². The Morgan fingerprint density at radius 3 is 2.60 bits per heavy atom. The summed E-state index contributed by atoms with van der Waals surface area (Å²) in [7, 11) is 0. The van der Waals surface area contributed by atoms with E-state index in [1.165, 1.54) is 0 Å². The van der Waals surface area contributed by atoms with Gasteiger partial charge in [0.2, 0.25) is 0 Å². The highest BCUT2D eigenvalue weighted by atomic mass is 19.4. The molecule has 1 aromatic carbocycles. The molecule has 1 amide bonds. The number of hydrogen-bond donors (Lipinski definition) is 1. The van der Waals surface area contributed by atoms with Crippen molar-refractivity contribution in [2.75, 3.05) is 6.54 Å². The predicted octanol–water partition coefficient (Wildman–Crippen LogP) is 3.27. The van der Waals surface area contributed by atoms with Gasteiger partial charge in [0.25, 0.3) is 5.91 Å². The number of amides is 1. The van der Waals surface area contributed by atoms with E-state index in [4.69, 9.17) is 5.26 Å². The lowest BCUT2D eigenvalue weighted by Gasteiger charge is -2.10. The zero-order valence-electron chi connectivity index (χ0n) is 10.4.